The van der Waals surface area contributed by atoms with E-state index in [1.54, 1.807) is 18.2 Å². The monoisotopic (exact) mass is 454 g/mol. The lowest BCUT2D eigenvalue weighted by atomic mass is 9.95. The summed E-state index contributed by atoms with van der Waals surface area (Å²) in [6, 6.07) is 10.7. The molecule has 0 fully saturated rings. The molecule has 3 aromatic rings. The quantitative estimate of drug-likeness (QED) is 0.531. The molecule has 0 atom stereocenters. The Bertz CT molecular complexity index is 1100. The highest BCUT2D eigenvalue weighted by Crippen LogP contribution is 2.38. The van der Waals surface area contributed by atoms with E-state index in [4.69, 9.17) is 4.74 Å². The van der Waals surface area contributed by atoms with Crippen LogP contribution >= 0.6 is 22.7 Å². The van der Waals surface area contributed by atoms with Gasteiger partial charge in [-0.05, 0) is 60.4 Å². The summed E-state index contributed by atoms with van der Waals surface area (Å²) in [5.74, 6) is -0.807. The summed E-state index contributed by atoms with van der Waals surface area (Å²) in [4.78, 5) is 39.0. The van der Waals surface area contributed by atoms with Gasteiger partial charge in [-0.1, -0.05) is 18.2 Å². The number of nitrogens with one attached hydrogen (secondary N) is 2. The Hall–Kier alpha value is -2.97. The van der Waals surface area contributed by atoms with Crippen LogP contribution in [0.4, 0.5) is 5.00 Å². The van der Waals surface area contributed by atoms with E-state index in [9.17, 15) is 14.4 Å². The summed E-state index contributed by atoms with van der Waals surface area (Å²) >= 11 is 2.85. The summed E-state index contributed by atoms with van der Waals surface area (Å²) < 4.78 is 4.96. The van der Waals surface area contributed by atoms with E-state index in [0.29, 0.717) is 27.5 Å². The predicted molar refractivity (Wildman–Crippen MR) is 122 cm³/mol. The Kier molecular flexibility index (Phi) is 6.48. The molecule has 1 aromatic carbocycles. The molecule has 0 bridgehead atoms. The van der Waals surface area contributed by atoms with Gasteiger partial charge in [-0.2, -0.15) is 0 Å². The molecule has 2 N–H and O–H groups in total. The van der Waals surface area contributed by atoms with E-state index in [2.05, 4.69) is 10.6 Å². The molecule has 160 valence electrons. The first-order chi connectivity index (χ1) is 15.1. The minimum Gasteiger partial charge on any atom is -0.465 e. The van der Waals surface area contributed by atoms with Crippen LogP contribution in [0.15, 0.2) is 41.8 Å². The second-order valence-electron chi connectivity index (χ2n) is 7.22. The molecule has 2 heterocycles. The number of benzene rings is 1. The Morgan fingerprint density at radius 3 is 2.52 bits per heavy atom. The molecule has 0 unspecified atom stereocenters. The zero-order valence-corrected chi connectivity index (χ0v) is 18.7. The number of esters is 1. The fraction of sp³-hybridized carbons (Fsp3) is 0.261. The Labute approximate surface area is 188 Å². The van der Waals surface area contributed by atoms with Gasteiger partial charge in [0.15, 0.2) is 0 Å². The van der Waals surface area contributed by atoms with Crippen molar-refractivity contribution in [3.63, 3.8) is 0 Å². The highest BCUT2D eigenvalue weighted by molar-refractivity contribution is 7.17. The van der Waals surface area contributed by atoms with Crippen molar-refractivity contribution in [2.75, 3.05) is 12.4 Å². The number of amides is 2. The van der Waals surface area contributed by atoms with E-state index in [0.717, 1.165) is 41.7 Å². The Balaban J connectivity index is 1.44. The number of aryl methyl sites for hydroxylation is 1. The second kappa shape index (κ2) is 9.45. The van der Waals surface area contributed by atoms with Crippen LogP contribution in [-0.4, -0.2) is 24.9 Å². The van der Waals surface area contributed by atoms with Crippen molar-refractivity contribution in [2.45, 2.75) is 32.2 Å². The fourth-order valence-corrected chi connectivity index (χ4v) is 5.51. The van der Waals surface area contributed by atoms with Crippen LogP contribution < -0.4 is 10.6 Å². The first kappa shape index (κ1) is 21.3. The van der Waals surface area contributed by atoms with Gasteiger partial charge < -0.3 is 15.4 Å². The highest BCUT2D eigenvalue weighted by atomic mass is 32.1. The summed E-state index contributed by atoms with van der Waals surface area (Å²) in [7, 11) is 1.36. The van der Waals surface area contributed by atoms with E-state index in [1.165, 1.54) is 29.8 Å². The van der Waals surface area contributed by atoms with Crippen LogP contribution in [0, 0.1) is 0 Å². The molecule has 0 radical (unpaired) electrons. The van der Waals surface area contributed by atoms with Gasteiger partial charge in [-0.25, -0.2) is 4.79 Å². The number of hydrogen-bond acceptors (Lipinski definition) is 6. The van der Waals surface area contributed by atoms with Crippen LogP contribution in [0.1, 0.15) is 59.2 Å². The summed E-state index contributed by atoms with van der Waals surface area (Å²) in [6.07, 6.45) is 3.88. The van der Waals surface area contributed by atoms with Crippen molar-refractivity contribution in [1.82, 2.24) is 5.32 Å². The molecule has 2 amide bonds. The number of thiophene rings is 2. The molecule has 31 heavy (non-hydrogen) atoms. The molecule has 0 saturated carbocycles. The molecule has 0 spiro atoms. The van der Waals surface area contributed by atoms with Crippen molar-refractivity contribution in [3.8, 4) is 0 Å². The van der Waals surface area contributed by atoms with E-state index < -0.39 is 5.97 Å². The van der Waals surface area contributed by atoms with Gasteiger partial charge in [0, 0.05) is 17.0 Å². The van der Waals surface area contributed by atoms with Crippen LogP contribution in [0.5, 0.6) is 0 Å². The minimum atomic E-state index is -0.411. The number of ether oxygens (including phenoxy) is 1. The summed E-state index contributed by atoms with van der Waals surface area (Å²) in [5, 5.41) is 8.17. The zero-order valence-electron chi connectivity index (χ0n) is 17.0. The smallest absolute Gasteiger partial charge is 0.341 e. The first-order valence-corrected chi connectivity index (χ1v) is 11.7. The van der Waals surface area contributed by atoms with Gasteiger partial charge in [-0.3, -0.25) is 9.59 Å². The number of hydrogen-bond donors (Lipinski definition) is 2. The zero-order chi connectivity index (χ0) is 21.8. The van der Waals surface area contributed by atoms with Gasteiger partial charge >= 0.3 is 5.97 Å². The molecular weight excluding hydrogens is 432 g/mol. The number of anilines is 1. The highest BCUT2D eigenvalue weighted by Gasteiger charge is 2.27. The number of rotatable bonds is 6. The lowest BCUT2D eigenvalue weighted by Crippen LogP contribution is -2.21. The molecule has 1 aliphatic rings. The van der Waals surface area contributed by atoms with Crippen LogP contribution in [0.25, 0.3) is 0 Å². The topological polar surface area (TPSA) is 84.5 Å². The van der Waals surface area contributed by atoms with E-state index in [1.807, 2.05) is 23.6 Å². The Morgan fingerprint density at radius 2 is 1.81 bits per heavy atom. The first-order valence-electron chi connectivity index (χ1n) is 10.0. The van der Waals surface area contributed by atoms with Crippen molar-refractivity contribution < 1.29 is 19.1 Å². The van der Waals surface area contributed by atoms with Crippen LogP contribution in [0.3, 0.4) is 0 Å². The largest absolute Gasteiger partial charge is 0.465 e. The van der Waals surface area contributed by atoms with Crippen LogP contribution in [-0.2, 0) is 24.1 Å². The lowest BCUT2D eigenvalue weighted by molar-refractivity contribution is 0.0600. The molecule has 8 heteroatoms. The summed E-state index contributed by atoms with van der Waals surface area (Å²) in [6.45, 7) is 0.378. The molecular formula is C23H22N2O4S2. The predicted octanol–water partition coefficient (Wildman–Crippen LogP) is 4.66. The van der Waals surface area contributed by atoms with Crippen LogP contribution in [0.2, 0.25) is 0 Å². The number of carbonyl (C=O) groups is 3. The maximum Gasteiger partial charge on any atom is 0.341 e. The van der Waals surface area contributed by atoms with Crippen molar-refractivity contribution >= 4 is 45.5 Å². The third-order valence-electron chi connectivity index (χ3n) is 5.20. The minimum absolute atomic E-state index is 0.117. The average Bonchev–Trinajstić information content (AvgIpc) is 3.45. The molecule has 2 aromatic heterocycles. The van der Waals surface area contributed by atoms with Gasteiger partial charge in [0.05, 0.1) is 17.6 Å². The van der Waals surface area contributed by atoms with Crippen molar-refractivity contribution in [1.29, 1.82) is 0 Å². The van der Waals surface area contributed by atoms with Crippen molar-refractivity contribution in [3.05, 3.63) is 73.8 Å². The van der Waals surface area contributed by atoms with E-state index >= 15 is 0 Å². The van der Waals surface area contributed by atoms with Gasteiger partial charge in [0.2, 0.25) is 0 Å². The van der Waals surface area contributed by atoms with E-state index in [-0.39, 0.29) is 11.8 Å². The molecule has 4 rings (SSSR count). The van der Waals surface area contributed by atoms with Gasteiger partial charge in [0.25, 0.3) is 11.8 Å². The summed E-state index contributed by atoms with van der Waals surface area (Å²) in [5.41, 5.74) is 2.87. The second-order valence-corrected chi connectivity index (χ2v) is 9.27. The number of carbonyl (C=O) groups excluding carboxylic acids is 3. The van der Waals surface area contributed by atoms with Gasteiger partial charge in [0.1, 0.15) is 5.00 Å². The molecule has 0 saturated heterocycles. The fourth-order valence-electron chi connectivity index (χ4n) is 3.60. The lowest BCUT2D eigenvalue weighted by Gasteiger charge is -2.11. The van der Waals surface area contributed by atoms with Crippen molar-refractivity contribution in [2.24, 2.45) is 0 Å². The molecule has 0 aliphatic heterocycles. The third-order valence-corrected chi connectivity index (χ3v) is 7.28. The third kappa shape index (κ3) is 4.70. The molecule has 6 nitrogen and oxygen atoms in total. The average molecular weight is 455 g/mol. The van der Waals surface area contributed by atoms with Gasteiger partial charge in [-0.15, -0.1) is 22.7 Å². The SMILES string of the molecule is COC(=O)c1c(NC(=O)c2ccc(CNC(=O)c3cccs3)cc2)sc2c1CCCC2. The Morgan fingerprint density at radius 1 is 1.03 bits per heavy atom. The standard InChI is InChI=1S/C23H22N2O4S2/c1-29-23(28)19-16-5-2-3-6-17(16)31-22(19)25-20(26)15-10-8-14(9-11-15)13-24-21(27)18-7-4-12-30-18/h4,7-12H,2-3,5-6,13H2,1H3,(H,24,27)(H,25,26). The normalized spacial score (nSPS) is 12.7. The molecule has 1 aliphatic carbocycles. The number of fused-ring (bicyclic) bond motifs is 1. The number of methoxy groups -OCH3 is 1. The maximum atomic E-state index is 12.8. The maximum absolute atomic E-state index is 12.8.